The summed E-state index contributed by atoms with van der Waals surface area (Å²) in [5.41, 5.74) is 0.695. The SMILES string of the molecule is O=S(=O)(NCc1cccc(O)c1)c1ccc(Br)cc1. The number of phenols is 1. The Labute approximate surface area is 120 Å². The highest BCUT2D eigenvalue weighted by molar-refractivity contribution is 9.10. The fraction of sp³-hybridized carbons (Fsp3) is 0.0769. The van der Waals surface area contributed by atoms with Crippen LogP contribution in [0.4, 0.5) is 0 Å². The van der Waals surface area contributed by atoms with Crippen molar-refractivity contribution in [2.45, 2.75) is 11.4 Å². The molecule has 2 aromatic carbocycles. The molecule has 2 rings (SSSR count). The van der Waals surface area contributed by atoms with Crippen molar-refractivity contribution in [2.24, 2.45) is 0 Å². The number of hydrogen-bond donors (Lipinski definition) is 2. The van der Waals surface area contributed by atoms with Gasteiger partial charge in [-0.05, 0) is 42.0 Å². The second-order valence-electron chi connectivity index (χ2n) is 3.95. The molecular weight excluding hydrogens is 330 g/mol. The number of halogens is 1. The number of phenolic OH excluding ortho intramolecular Hbond substituents is 1. The normalized spacial score (nSPS) is 11.4. The Bertz CT molecular complexity index is 669. The van der Waals surface area contributed by atoms with Crippen LogP contribution < -0.4 is 4.72 Å². The Morgan fingerprint density at radius 1 is 1.11 bits per heavy atom. The molecule has 0 bridgehead atoms. The minimum absolute atomic E-state index is 0.111. The lowest BCUT2D eigenvalue weighted by atomic mass is 10.2. The summed E-state index contributed by atoms with van der Waals surface area (Å²) in [7, 11) is -3.54. The largest absolute Gasteiger partial charge is 0.508 e. The third-order valence-electron chi connectivity index (χ3n) is 2.50. The Morgan fingerprint density at radius 3 is 2.42 bits per heavy atom. The van der Waals surface area contributed by atoms with Gasteiger partial charge in [0.1, 0.15) is 5.75 Å². The van der Waals surface area contributed by atoms with Gasteiger partial charge >= 0.3 is 0 Å². The molecule has 0 atom stereocenters. The van der Waals surface area contributed by atoms with Crippen LogP contribution >= 0.6 is 15.9 Å². The number of benzene rings is 2. The van der Waals surface area contributed by atoms with E-state index in [4.69, 9.17) is 0 Å². The summed E-state index contributed by atoms with van der Waals surface area (Å²) in [6.45, 7) is 0.132. The molecule has 0 spiro atoms. The van der Waals surface area contributed by atoms with Crippen LogP contribution in [0.15, 0.2) is 57.9 Å². The number of sulfonamides is 1. The molecule has 0 saturated heterocycles. The summed E-state index contributed by atoms with van der Waals surface area (Å²) < 4.78 is 27.3. The Morgan fingerprint density at radius 2 is 1.79 bits per heavy atom. The number of nitrogens with one attached hydrogen (secondary N) is 1. The van der Waals surface area contributed by atoms with Crippen molar-refractivity contribution in [3.63, 3.8) is 0 Å². The molecule has 4 nitrogen and oxygen atoms in total. The molecule has 0 fully saturated rings. The smallest absolute Gasteiger partial charge is 0.240 e. The van der Waals surface area contributed by atoms with Crippen molar-refractivity contribution in [3.8, 4) is 5.75 Å². The molecule has 0 saturated carbocycles. The third kappa shape index (κ3) is 3.79. The van der Waals surface area contributed by atoms with Crippen molar-refractivity contribution >= 4 is 26.0 Å². The maximum Gasteiger partial charge on any atom is 0.240 e. The van der Waals surface area contributed by atoms with Gasteiger partial charge in [-0.2, -0.15) is 0 Å². The van der Waals surface area contributed by atoms with E-state index in [1.165, 1.54) is 24.3 Å². The van der Waals surface area contributed by atoms with E-state index < -0.39 is 10.0 Å². The molecular formula is C13H12BrNO3S. The van der Waals surface area contributed by atoms with Crippen LogP contribution in [0.2, 0.25) is 0 Å². The van der Waals surface area contributed by atoms with Crippen molar-refractivity contribution in [3.05, 3.63) is 58.6 Å². The lowest BCUT2D eigenvalue weighted by Gasteiger charge is -2.07. The Hall–Kier alpha value is -1.37. The highest BCUT2D eigenvalue weighted by atomic mass is 79.9. The standard InChI is InChI=1S/C13H12BrNO3S/c14-11-4-6-13(7-5-11)19(17,18)15-9-10-2-1-3-12(16)8-10/h1-8,15-16H,9H2. The second kappa shape index (κ2) is 5.73. The van der Waals surface area contributed by atoms with E-state index in [1.54, 1.807) is 24.3 Å². The van der Waals surface area contributed by atoms with Gasteiger partial charge in [0.05, 0.1) is 4.90 Å². The lowest BCUT2D eigenvalue weighted by Crippen LogP contribution is -2.23. The average molecular weight is 342 g/mol. The summed E-state index contributed by atoms with van der Waals surface area (Å²) in [6, 6.07) is 12.8. The molecule has 0 unspecified atom stereocenters. The fourth-order valence-electron chi connectivity index (χ4n) is 1.54. The first-order valence-electron chi connectivity index (χ1n) is 5.50. The molecule has 0 aromatic heterocycles. The summed E-state index contributed by atoms with van der Waals surface area (Å²) in [6.07, 6.45) is 0. The molecule has 0 heterocycles. The van der Waals surface area contributed by atoms with E-state index in [2.05, 4.69) is 20.7 Å². The minimum atomic E-state index is -3.54. The van der Waals surface area contributed by atoms with E-state index in [0.29, 0.717) is 5.56 Å². The van der Waals surface area contributed by atoms with Crippen molar-refractivity contribution in [1.29, 1.82) is 0 Å². The predicted octanol–water partition coefficient (Wildman–Crippen LogP) is 2.63. The maximum atomic E-state index is 12.0. The molecule has 2 N–H and O–H groups in total. The molecule has 2 aromatic rings. The Balaban J connectivity index is 2.12. The quantitative estimate of drug-likeness (QED) is 0.898. The number of aromatic hydroxyl groups is 1. The molecule has 0 amide bonds. The highest BCUT2D eigenvalue weighted by Gasteiger charge is 2.13. The van der Waals surface area contributed by atoms with Gasteiger partial charge in [-0.25, -0.2) is 13.1 Å². The predicted molar refractivity (Wildman–Crippen MR) is 76.3 cm³/mol. The van der Waals surface area contributed by atoms with Gasteiger partial charge in [-0.3, -0.25) is 0 Å². The molecule has 6 heteroatoms. The fourth-order valence-corrected chi connectivity index (χ4v) is 2.82. The molecule has 0 aliphatic rings. The number of rotatable bonds is 4. The van der Waals surface area contributed by atoms with Crippen LogP contribution in [0.25, 0.3) is 0 Å². The molecule has 100 valence electrons. The first-order valence-corrected chi connectivity index (χ1v) is 7.78. The van der Waals surface area contributed by atoms with Crippen molar-refractivity contribution < 1.29 is 13.5 Å². The average Bonchev–Trinajstić information content (AvgIpc) is 2.37. The van der Waals surface area contributed by atoms with Gasteiger partial charge in [0, 0.05) is 11.0 Å². The van der Waals surface area contributed by atoms with E-state index in [0.717, 1.165) is 4.47 Å². The van der Waals surface area contributed by atoms with Crippen LogP contribution in [0.3, 0.4) is 0 Å². The minimum Gasteiger partial charge on any atom is -0.508 e. The van der Waals surface area contributed by atoms with Gasteiger partial charge in [0.2, 0.25) is 10.0 Å². The summed E-state index contributed by atoms with van der Waals surface area (Å²) in [4.78, 5) is 0.204. The summed E-state index contributed by atoms with van der Waals surface area (Å²) in [5.74, 6) is 0.111. The van der Waals surface area contributed by atoms with E-state index in [1.807, 2.05) is 0 Å². The third-order valence-corrected chi connectivity index (χ3v) is 4.45. The van der Waals surface area contributed by atoms with Crippen LogP contribution in [0.1, 0.15) is 5.56 Å². The van der Waals surface area contributed by atoms with Gasteiger partial charge in [0.15, 0.2) is 0 Å². The molecule has 0 aliphatic heterocycles. The van der Waals surface area contributed by atoms with Crippen LogP contribution in [-0.2, 0) is 16.6 Å². The molecule has 19 heavy (non-hydrogen) atoms. The summed E-state index contributed by atoms with van der Waals surface area (Å²) in [5, 5.41) is 9.31. The lowest BCUT2D eigenvalue weighted by molar-refractivity contribution is 0.474. The van der Waals surface area contributed by atoms with Crippen molar-refractivity contribution in [2.75, 3.05) is 0 Å². The van der Waals surface area contributed by atoms with E-state index in [-0.39, 0.29) is 17.2 Å². The maximum absolute atomic E-state index is 12.0. The number of hydrogen-bond acceptors (Lipinski definition) is 3. The van der Waals surface area contributed by atoms with Gasteiger partial charge in [-0.15, -0.1) is 0 Å². The zero-order chi connectivity index (χ0) is 13.9. The van der Waals surface area contributed by atoms with E-state index in [9.17, 15) is 13.5 Å². The van der Waals surface area contributed by atoms with Crippen molar-refractivity contribution in [1.82, 2.24) is 4.72 Å². The van der Waals surface area contributed by atoms with E-state index >= 15 is 0 Å². The molecule has 0 aliphatic carbocycles. The second-order valence-corrected chi connectivity index (χ2v) is 6.63. The first-order chi connectivity index (χ1) is 8.97. The van der Waals surface area contributed by atoms with Crippen LogP contribution in [0.5, 0.6) is 5.75 Å². The van der Waals surface area contributed by atoms with Crippen LogP contribution in [-0.4, -0.2) is 13.5 Å². The first kappa shape index (κ1) is 14.0. The van der Waals surface area contributed by atoms with Crippen LogP contribution in [0, 0.1) is 0 Å². The topological polar surface area (TPSA) is 66.4 Å². The van der Waals surface area contributed by atoms with Gasteiger partial charge in [0.25, 0.3) is 0 Å². The Kier molecular flexibility index (Phi) is 4.24. The summed E-state index contributed by atoms with van der Waals surface area (Å²) >= 11 is 3.25. The highest BCUT2D eigenvalue weighted by Crippen LogP contribution is 2.15. The van der Waals surface area contributed by atoms with Gasteiger partial charge in [-0.1, -0.05) is 28.1 Å². The monoisotopic (exact) mass is 341 g/mol. The van der Waals surface area contributed by atoms with Gasteiger partial charge < -0.3 is 5.11 Å². The zero-order valence-corrected chi connectivity index (χ0v) is 12.3. The zero-order valence-electron chi connectivity index (χ0n) is 9.88. The molecule has 0 radical (unpaired) electrons.